The Balaban J connectivity index is 2.28. The smallest absolute Gasteiger partial charge is 0.211 e. The van der Waals surface area contributed by atoms with Crippen molar-refractivity contribution in [2.24, 2.45) is 0 Å². The lowest BCUT2D eigenvalue weighted by Crippen LogP contribution is -2.05. The molecule has 1 aromatic heterocycles. The number of hydrogen-bond donors (Lipinski definition) is 0. The summed E-state index contributed by atoms with van der Waals surface area (Å²) in [5.41, 5.74) is 1.31. The number of aromatic nitrogens is 1. The van der Waals surface area contributed by atoms with Crippen molar-refractivity contribution in [2.75, 3.05) is 0 Å². The van der Waals surface area contributed by atoms with E-state index in [1.165, 1.54) is 13.1 Å². The topological polar surface area (TPSA) is 47.0 Å². The number of pyridine rings is 1. The summed E-state index contributed by atoms with van der Waals surface area (Å²) < 4.78 is 0. The van der Waals surface area contributed by atoms with Gasteiger partial charge in [0, 0.05) is 22.3 Å². The highest BCUT2D eigenvalue weighted by atomic mass is 35.5. The second-order valence-electron chi connectivity index (χ2n) is 3.82. The Morgan fingerprint density at radius 2 is 1.61 bits per heavy atom. The van der Waals surface area contributed by atoms with E-state index >= 15 is 0 Å². The van der Waals surface area contributed by atoms with Gasteiger partial charge in [-0.3, -0.25) is 14.6 Å². The number of hydrogen-bond acceptors (Lipinski definition) is 3. The van der Waals surface area contributed by atoms with E-state index in [9.17, 15) is 9.59 Å². The van der Waals surface area contributed by atoms with Gasteiger partial charge in [0.25, 0.3) is 0 Å². The SMILES string of the molecule is CC(=O)c1ccc(C(=O)c2ccc(Cl)cc2)nc1. The lowest BCUT2D eigenvalue weighted by Gasteiger charge is -2.01. The maximum absolute atomic E-state index is 12.0. The van der Waals surface area contributed by atoms with Crippen molar-refractivity contribution in [3.8, 4) is 0 Å². The van der Waals surface area contributed by atoms with Gasteiger partial charge in [0.05, 0.1) is 0 Å². The van der Waals surface area contributed by atoms with Gasteiger partial charge in [-0.2, -0.15) is 0 Å². The zero-order chi connectivity index (χ0) is 13.1. The highest BCUT2D eigenvalue weighted by Crippen LogP contribution is 2.13. The van der Waals surface area contributed by atoms with E-state index in [1.54, 1.807) is 36.4 Å². The molecule has 0 fully saturated rings. The molecule has 0 N–H and O–H groups in total. The van der Waals surface area contributed by atoms with Crippen LogP contribution in [-0.4, -0.2) is 16.6 Å². The molecule has 0 radical (unpaired) electrons. The van der Waals surface area contributed by atoms with Crippen LogP contribution in [0, 0.1) is 0 Å². The first-order valence-corrected chi connectivity index (χ1v) is 5.73. The van der Waals surface area contributed by atoms with E-state index in [0.717, 1.165) is 0 Å². The predicted octanol–water partition coefficient (Wildman–Crippen LogP) is 3.17. The fraction of sp³-hybridized carbons (Fsp3) is 0.0714. The third kappa shape index (κ3) is 2.63. The van der Waals surface area contributed by atoms with Crippen molar-refractivity contribution in [3.05, 3.63) is 64.4 Å². The van der Waals surface area contributed by atoms with Crippen molar-refractivity contribution >= 4 is 23.2 Å². The van der Waals surface area contributed by atoms with Crippen molar-refractivity contribution in [2.45, 2.75) is 6.92 Å². The van der Waals surface area contributed by atoms with Crippen molar-refractivity contribution in [3.63, 3.8) is 0 Å². The third-order valence-corrected chi connectivity index (χ3v) is 2.76. The molecular weight excluding hydrogens is 250 g/mol. The molecule has 2 aromatic rings. The predicted molar refractivity (Wildman–Crippen MR) is 69.1 cm³/mol. The molecule has 1 heterocycles. The van der Waals surface area contributed by atoms with Crippen molar-refractivity contribution in [1.29, 1.82) is 0 Å². The molecule has 0 aliphatic rings. The Labute approximate surface area is 109 Å². The summed E-state index contributed by atoms with van der Waals surface area (Å²) in [6.45, 7) is 1.46. The van der Waals surface area contributed by atoms with E-state index < -0.39 is 0 Å². The maximum atomic E-state index is 12.0. The molecule has 3 nitrogen and oxygen atoms in total. The van der Waals surface area contributed by atoms with Gasteiger partial charge in [-0.1, -0.05) is 11.6 Å². The number of ketones is 2. The van der Waals surface area contributed by atoms with Gasteiger partial charge in [0.2, 0.25) is 5.78 Å². The van der Waals surface area contributed by atoms with Crippen LogP contribution in [0.25, 0.3) is 0 Å². The number of carbonyl (C=O) groups excluding carboxylic acids is 2. The van der Waals surface area contributed by atoms with Crippen molar-refractivity contribution in [1.82, 2.24) is 4.98 Å². The summed E-state index contributed by atoms with van der Waals surface area (Å²) in [5.74, 6) is -0.269. The van der Waals surface area contributed by atoms with Crippen LogP contribution in [0.15, 0.2) is 42.6 Å². The summed E-state index contributed by atoms with van der Waals surface area (Å²) in [7, 11) is 0. The van der Waals surface area contributed by atoms with Crippen LogP contribution < -0.4 is 0 Å². The summed E-state index contributed by atoms with van der Waals surface area (Å²) in [5, 5.41) is 0.575. The van der Waals surface area contributed by atoms with Crippen LogP contribution in [0.2, 0.25) is 5.02 Å². The van der Waals surface area contributed by atoms with Crippen LogP contribution in [0.1, 0.15) is 33.3 Å². The molecule has 0 saturated carbocycles. The Hall–Kier alpha value is -2.00. The average Bonchev–Trinajstić information content (AvgIpc) is 2.39. The third-order valence-electron chi connectivity index (χ3n) is 2.51. The number of rotatable bonds is 3. The number of benzene rings is 1. The minimum atomic E-state index is -0.193. The Bertz CT molecular complexity index is 588. The Morgan fingerprint density at radius 1 is 1.00 bits per heavy atom. The van der Waals surface area contributed by atoms with Crippen molar-refractivity contribution < 1.29 is 9.59 Å². The van der Waals surface area contributed by atoms with Gasteiger partial charge in [-0.15, -0.1) is 0 Å². The summed E-state index contributed by atoms with van der Waals surface area (Å²) >= 11 is 5.75. The summed E-state index contributed by atoms with van der Waals surface area (Å²) in [4.78, 5) is 27.1. The molecule has 0 bridgehead atoms. The molecule has 1 aromatic carbocycles. The van der Waals surface area contributed by atoms with Gasteiger partial charge >= 0.3 is 0 Å². The molecule has 0 aliphatic carbocycles. The molecule has 18 heavy (non-hydrogen) atoms. The molecular formula is C14H10ClNO2. The van der Waals surface area contributed by atoms with E-state index in [4.69, 9.17) is 11.6 Å². The second-order valence-corrected chi connectivity index (χ2v) is 4.26. The molecule has 0 saturated heterocycles. The second kappa shape index (κ2) is 5.10. The van der Waals surface area contributed by atoms with Crippen LogP contribution in [0.4, 0.5) is 0 Å². The zero-order valence-electron chi connectivity index (χ0n) is 9.68. The van der Waals surface area contributed by atoms with Gasteiger partial charge in [0.15, 0.2) is 5.78 Å². The highest BCUT2D eigenvalue weighted by Gasteiger charge is 2.10. The van der Waals surface area contributed by atoms with Gasteiger partial charge < -0.3 is 0 Å². The first-order chi connectivity index (χ1) is 8.58. The standard InChI is InChI=1S/C14H10ClNO2/c1-9(17)11-4-7-13(16-8-11)14(18)10-2-5-12(15)6-3-10/h2-8H,1H3. The van der Waals surface area contributed by atoms with Crippen LogP contribution in [0.5, 0.6) is 0 Å². The first kappa shape index (κ1) is 12.5. The molecule has 2 rings (SSSR count). The fourth-order valence-corrected chi connectivity index (χ4v) is 1.61. The molecule has 0 amide bonds. The van der Waals surface area contributed by atoms with Gasteiger partial charge in [-0.05, 0) is 43.3 Å². The summed E-state index contributed by atoms with van der Waals surface area (Å²) in [6, 6.07) is 9.74. The molecule has 0 aliphatic heterocycles. The number of nitrogens with zero attached hydrogens (tertiary/aromatic N) is 1. The number of halogens is 1. The largest absolute Gasteiger partial charge is 0.294 e. The lowest BCUT2D eigenvalue weighted by atomic mass is 10.1. The first-order valence-electron chi connectivity index (χ1n) is 5.35. The van der Waals surface area contributed by atoms with Gasteiger partial charge in [-0.25, -0.2) is 0 Å². The molecule has 90 valence electrons. The fourth-order valence-electron chi connectivity index (χ4n) is 1.49. The molecule has 0 unspecified atom stereocenters. The lowest BCUT2D eigenvalue weighted by molar-refractivity contribution is 0.101. The summed E-state index contributed by atoms with van der Waals surface area (Å²) in [6.07, 6.45) is 1.41. The Kier molecular flexibility index (Phi) is 3.53. The monoisotopic (exact) mass is 259 g/mol. The zero-order valence-corrected chi connectivity index (χ0v) is 10.4. The number of carbonyl (C=O) groups is 2. The highest BCUT2D eigenvalue weighted by molar-refractivity contribution is 6.30. The van der Waals surface area contributed by atoms with Crippen LogP contribution in [0.3, 0.4) is 0 Å². The number of Topliss-reactive ketones (excluding diaryl/α,β-unsaturated/α-hetero) is 1. The van der Waals surface area contributed by atoms with Crippen LogP contribution in [-0.2, 0) is 0 Å². The molecule has 4 heteroatoms. The maximum Gasteiger partial charge on any atom is 0.211 e. The average molecular weight is 260 g/mol. The van der Waals surface area contributed by atoms with E-state index in [1.807, 2.05) is 0 Å². The minimum absolute atomic E-state index is 0.0759. The van der Waals surface area contributed by atoms with E-state index in [-0.39, 0.29) is 11.6 Å². The van der Waals surface area contributed by atoms with E-state index in [2.05, 4.69) is 4.98 Å². The quantitative estimate of drug-likeness (QED) is 0.796. The van der Waals surface area contributed by atoms with Crippen LogP contribution >= 0.6 is 11.6 Å². The van der Waals surface area contributed by atoms with E-state index in [0.29, 0.717) is 21.8 Å². The Morgan fingerprint density at radius 3 is 2.11 bits per heavy atom. The minimum Gasteiger partial charge on any atom is -0.294 e. The van der Waals surface area contributed by atoms with Gasteiger partial charge in [0.1, 0.15) is 5.69 Å². The molecule has 0 spiro atoms. The molecule has 0 atom stereocenters. The normalized spacial score (nSPS) is 10.1.